The topological polar surface area (TPSA) is 91.8 Å². The van der Waals surface area contributed by atoms with E-state index in [-0.39, 0.29) is 42.1 Å². The highest BCUT2D eigenvalue weighted by atomic mass is 16.3. The molecule has 0 bridgehead atoms. The molecular weight excluding hydrogens is 634 g/mol. The normalized spacial score (nSPS) is 27.1. The van der Waals surface area contributed by atoms with Gasteiger partial charge in [-0.1, -0.05) is 133 Å². The van der Waals surface area contributed by atoms with E-state index in [1.165, 1.54) is 11.0 Å². The molecule has 51 heavy (non-hydrogen) atoms. The molecule has 5 aromatic rings. The number of Topliss-reactive ketones (excluding diaryl/α,β-unsaturated/α-hetero) is 1. The third kappa shape index (κ3) is 4.55. The van der Waals surface area contributed by atoms with Crippen molar-refractivity contribution in [2.24, 2.45) is 23.7 Å². The van der Waals surface area contributed by atoms with Gasteiger partial charge in [0, 0.05) is 23.0 Å². The standard InChI is InChI=1S/C45H35NO5/c47-37-23-20-29-16-10-11-19-31(29)40(37)41-32-21-22-33-39(44(51)46(43(33)50)26-27-12-4-1-5-13-27)35(32)24-36-42(49)34(28-14-6-2-7-15-28)25-38(48)45(36,41)30-17-8-3-9-18-30/h1-21,23,25,33,35-36,39,41,47H,22,24,26H2/t33-,35+,36-,39-,41+,45-/m0/s1. The molecule has 0 unspecified atom stereocenters. The quantitative estimate of drug-likeness (QED) is 0.154. The number of hydrogen-bond acceptors (Lipinski definition) is 5. The van der Waals surface area contributed by atoms with Crippen LogP contribution >= 0.6 is 0 Å². The van der Waals surface area contributed by atoms with Crippen molar-refractivity contribution in [2.45, 2.75) is 30.7 Å². The summed E-state index contributed by atoms with van der Waals surface area (Å²) in [5, 5.41) is 13.6. The third-order valence-electron chi connectivity index (χ3n) is 11.9. The summed E-state index contributed by atoms with van der Waals surface area (Å²) >= 11 is 0. The van der Waals surface area contributed by atoms with E-state index in [2.05, 4.69) is 0 Å². The van der Waals surface area contributed by atoms with Crippen molar-refractivity contribution in [1.82, 2.24) is 4.90 Å². The van der Waals surface area contributed by atoms with Crippen LogP contribution in [0.15, 0.2) is 145 Å². The maximum Gasteiger partial charge on any atom is 0.234 e. The van der Waals surface area contributed by atoms with Crippen molar-refractivity contribution in [2.75, 3.05) is 0 Å². The molecule has 250 valence electrons. The van der Waals surface area contributed by atoms with Crippen molar-refractivity contribution in [1.29, 1.82) is 0 Å². The summed E-state index contributed by atoms with van der Waals surface area (Å²) in [4.78, 5) is 60.4. The molecule has 1 N–H and O–H groups in total. The van der Waals surface area contributed by atoms with E-state index in [0.29, 0.717) is 28.7 Å². The first-order valence-corrected chi connectivity index (χ1v) is 17.6. The molecule has 1 saturated carbocycles. The highest BCUT2D eigenvalue weighted by molar-refractivity contribution is 6.32. The minimum absolute atomic E-state index is 0.0223. The lowest BCUT2D eigenvalue weighted by atomic mass is 9.44. The largest absolute Gasteiger partial charge is 0.508 e. The molecule has 5 aromatic carbocycles. The molecule has 1 aliphatic heterocycles. The number of aromatic hydroxyl groups is 1. The molecule has 6 atom stereocenters. The number of fused-ring (bicyclic) bond motifs is 5. The molecule has 4 aliphatic rings. The first-order chi connectivity index (χ1) is 24.9. The summed E-state index contributed by atoms with van der Waals surface area (Å²) in [6, 6.07) is 39.5. The smallest absolute Gasteiger partial charge is 0.234 e. The highest BCUT2D eigenvalue weighted by Gasteiger charge is 2.66. The van der Waals surface area contributed by atoms with Gasteiger partial charge in [-0.05, 0) is 58.4 Å². The van der Waals surface area contributed by atoms with Crippen molar-refractivity contribution >= 4 is 39.7 Å². The zero-order valence-corrected chi connectivity index (χ0v) is 27.8. The average molecular weight is 670 g/mol. The Labute approximate surface area is 295 Å². The van der Waals surface area contributed by atoms with Gasteiger partial charge < -0.3 is 5.11 Å². The van der Waals surface area contributed by atoms with E-state index in [4.69, 9.17) is 0 Å². The SMILES string of the molecule is O=C1C(c2ccccc2)=CC(=O)[C@@]2(c3ccccc3)[C@@H](c3c(O)ccc4ccccc34)C3=CC[C@@H]4C(=O)N(Cc5ccccc5)C(=O)[C@@H]4[C@@H]3C[C@@H]12. The van der Waals surface area contributed by atoms with Crippen LogP contribution in [0.2, 0.25) is 0 Å². The molecule has 1 heterocycles. The second-order valence-electron chi connectivity index (χ2n) is 14.3. The lowest BCUT2D eigenvalue weighted by Gasteiger charge is -2.55. The summed E-state index contributed by atoms with van der Waals surface area (Å²) in [7, 11) is 0. The number of carbonyl (C=O) groups is 4. The van der Waals surface area contributed by atoms with Gasteiger partial charge in [-0.2, -0.15) is 0 Å². The van der Waals surface area contributed by atoms with Gasteiger partial charge in [0.1, 0.15) is 5.75 Å². The Hall–Kier alpha value is -5.88. The van der Waals surface area contributed by atoms with Crippen LogP contribution < -0.4 is 0 Å². The van der Waals surface area contributed by atoms with Crippen LogP contribution in [-0.4, -0.2) is 33.4 Å². The second-order valence-corrected chi connectivity index (χ2v) is 14.3. The number of amides is 2. The van der Waals surface area contributed by atoms with Crippen LogP contribution in [0.4, 0.5) is 0 Å². The number of carbonyl (C=O) groups excluding carboxylic acids is 4. The predicted octanol–water partition coefficient (Wildman–Crippen LogP) is 7.57. The molecule has 3 aliphatic carbocycles. The Balaban J connectivity index is 1.30. The minimum atomic E-state index is -1.41. The molecule has 9 rings (SSSR count). The minimum Gasteiger partial charge on any atom is -0.508 e. The van der Waals surface area contributed by atoms with Crippen molar-refractivity contribution in [3.63, 3.8) is 0 Å². The fourth-order valence-corrected chi connectivity index (χ4v) is 9.76. The summed E-state index contributed by atoms with van der Waals surface area (Å²) in [5.41, 5.74) is 2.54. The molecular formula is C45H35NO5. The monoisotopic (exact) mass is 669 g/mol. The van der Waals surface area contributed by atoms with Gasteiger partial charge in [-0.15, -0.1) is 0 Å². The van der Waals surface area contributed by atoms with Gasteiger partial charge in [0.2, 0.25) is 11.8 Å². The van der Waals surface area contributed by atoms with E-state index in [1.807, 2.05) is 127 Å². The second kappa shape index (κ2) is 11.9. The van der Waals surface area contributed by atoms with Gasteiger partial charge in [0.05, 0.1) is 23.8 Å². The molecule has 0 spiro atoms. The van der Waals surface area contributed by atoms with Crippen LogP contribution in [0.1, 0.15) is 41.0 Å². The first kappa shape index (κ1) is 31.1. The maximum atomic E-state index is 15.3. The number of allylic oxidation sites excluding steroid dienone is 4. The number of hydrogen-bond donors (Lipinski definition) is 1. The molecule has 2 amide bonds. The van der Waals surface area contributed by atoms with E-state index in [1.54, 1.807) is 6.07 Å². The number of phenols is 1. The number of phenolic OH excluding ortho intramolecular Hbond substituents is 1. The molecule has 6 nitrogen and oxygen atoms in total. The van der Waals surface area contributed by atoms with Gasteiger partial charge in [-0.25, -0.2) is 0 Å². The number of rotatable bonds is 5. The molecule has 0 radical (unpaired) electrons. The summed E-state index contributed by atoms with van der Waals surface area (Å²) in [6.07, 6.45) is 4.10. The Kier molecular flexibility index (Phi) is 7.25. The predicted molar refractivity (Wildman–Crippen MR) is 194 cm³/mol. The number of benzene rings is 5. The summed E-state index contributed by atoms with van der Waals surface area (Å²) < 4.78 is 0. The van der Waals surface area contributed by atoms with E-state index < -0.39 is 35.0 Å². The Morgan fingerprint density at radius 2 is 1.37 bits per heavy atom. The van der Waals surface area contributed by atoms with E-state index in [0.717, 1.165) is 21.9 Å². The Morgan fingerprint density at radius 1 is 0.706 bits per heavy atom. The van der Waals surface area contributed by atoms with E-state index in [9.17, 15) is 14.7 Å². The molecule has 1 saturated heterocycles. The zero-order chi connectivity index (χ0) is 34.9. The first-order valence-electron chi connectivity index (χ1n) is 17.6. The van der Waals surface area contributed by atoms with Gasteiger partial charge in [-0.3, -0.25) is 24.1 Å². The van der Waals surface area contributed by atoms with E-state index >= 15 is 9.59 Å². The number of imide groups is 1. The summed E-state index contributed by atoms with van der Waals surface area (Å²) in [5.74, 6) is -4.23. The van der Waals surface area contributed by atoms with Gasteiger partial charge >= 0.3 is 0 Å². The Bertz CT molecular complexity index is 2310. The van der Waals surface area contributed by atoms with Crippen molar-refractivity contribution in [3.8, 4) is 5.75 Å². The van der Waals surface area contributed by atoms with Gasteiger partial charge in [0.25, 0.3) is 0 Å². The molecule has 2 fully saturated rings. The van der Waals surface area contributed by atoms with Crippen LogP contribution in [0.5, 0.6) is 5.75 Å². The fourth-order valence-electron chi connectivity index (χ4n) is 9.76. The molecule has 0 aromatic heterocycles. The van der Waals surface area contributed by atoms with Crippen molar-refractivity contribution < 1.29 is 24.3 Å². The van der Waals surface area contributed by atoms with Crippen LogP contribution in [0.25, 0.3) is 16.3 Å². The highest BCUT2D eigenvalue weighted by Crippen LogP contribution is 2.65. The zero-order valence-electron chi connectivity index (χ0n) is 27.8. The number of ketones is 2. The Morgan fingerprint density at radius 3 is 2.12 bits per heavy atom. The van der Waals surface area contributed by atoms with Crippen LogP contribution in [0, 0.1) is 23.7 Å². The van der Waals surface area contributed by atoms with Crippen molar-refractivity contribution in [3.05, 3.63) is 167 Å². The number of likely N-dealkylation sites (tertiary alicyclic amines) is 1. The number of nitrogens with zero attached hydrogens (tertiary/aromatic N) is 1. The molecule has 6 heteroatoms. The fraction of sp³-hybridized carbons (Fsp3) is 0.200. The van der Waals surface area contributed by atoms with Crippen LogP contribution in [-0.2, 0) is 31.1 Å². The summed E-state index contributed by atoms with van der Waals surface area (Å²) in [6.45, 7) is 0.177. The third-order valence-corrected chi connectivity index (χ3v) is 11.9. The van der Waals surface area contributed by atoms with Crippen LogP contribution in [0.3, 0.4) is 0 Å². The lowest BCUT2D eigenvalue weighted by molar-refractivity contribution is -0.141. The average Bonchev–Trinajstić information content (AvgIpc) is 3.41. The lowest BCUT2D eigenvalue weighted by Crippen LogP contribution is -2.58. The van der Waals surface area contributed by atoms with Gasteiger partial charge in [0.15, 0.2) is 11.6 Å². The maximum absolute atomic E-state index is 15.3.